The first-order valence-corrected chi connectivity index (χ1v) is 7.85. The van der Waals surface area contributed by atoms with Crippen molar-refractivity contribution in [3.8, 4) is 0 Å². The van der Waals surface area contributed by atoms with Crippen LogP contribution < -0.4 is 9.80 Å². The molecule has 1 aromatic heterocycles. The lowest BCUT2D eigenvalue weighted by molar-refractivity contribution is 0.129. The molecule has 2 aliphatic heterocycles. The number of halogens is 2. The number of nitrogens with zero attached hydrogens (tertiary/aromatic N) is 6. The van der Waals surface area contributed by atoms with Crippen molar-refractivity contribution in [3.63, 3.8) is 0 Å². The Balaban J connectivity index is 1.55. The van der Waals surface area contributed by atoms with Crippen LogP contribution in [0.15, 0.2) is 29.7 Å². The number of oxime groups is 1. The Hall–Kier alpha value is -3.24. The fourth-order valence-corrected chi connectivity index (χ4v) is 2.86. The summed E-state index contributed by atoms with van der Waals surface area (Å²) in [5.74, 6) is -1.61. The Labute approximate surface area is 146 Å². The van der Waals surface area contributed by atoms with Gasteiger partial charge in [0.25, 0.3) is 0 Å². The normalized spacial score (nSPS) is 19.6. The number of hydrogen-bond donors (Lipinski definition) is 0. The first-order valence-electron chi connectivity index (χ1n) is 7.85. The molecule has 3 heterocycles. The summed E-state index contributed by atoms with van der Waals surface area (Å²) in [6.45, 7) is 0.938. The second-order valence-electron chi connectivity index (χ2n) is 5.75. The molecule has 11 heteroatoms. The van der Waals surface area contributed by atoms with Crippen LogP contribution in [0, 0.1) is 11.6 Å². The minimum absolute atomic E-state index is 0.0834. The Morgan fingerprint density at radius 3 is 2.73 bits per heavy atom. The summed E-state index contributed by atoms with van der Waals surface area (Å²) < 4.78 is 35.7. The molecule has 0 bridgehead atoms. The van der Waals surface area contributed by atoms with E-state index >= 15 is 0 Å². The van der Waals surface area contributed by atoms with E-state index in [1.165, 1.54) is 27.0 Å². The van der Waals surface area contributed by atoms with Crippen LogP contribution in [0.1, 0.15) is 0 Å². The molecule has 136 valence electrons. The molecule has 1 fully saturated rings. The lowest BCUT2D eigenvalue weighted by Gasteiger charge is -2.24. The van der Waals surface area contributed by atoms with Crippen LogP contribution >= 0.6 is 0 Å². The quantitative estimate of drug-likeness (QED) is 0.815. The lowest BCUT2D eigenvalue weighted by Crippen LogP contribution is -2.31. The number of carbonyl (C=O) groups is 1. The molecule has 1 aromatic carbocycles. The van der Waals surface area contributed by atoms with Gasteiger partial charge >= 0.3 is 6.09 Å². The van der Waals surface area contributed by atoms with Gasteiger partial charge in [0.1, 0.15) is 24.7 Å². The van der Waals surface area contributed by atoms with Crippen molar-refractivity contribution in [1.29, 1.82) is 0 Å². The predicted molar refractivity (Wildman–Crippen MR) is 85.8 cm³/mol. The van der Waals surface area contributed by atoms with Crippen molar-refractivity contribution in [2.75, 3.05) is 29.5 Å². The summed E-state index contributed by atoms with van der Waals surface area (Å²) in [5, 5.41) is 11.0. The number of carbonyl (C=O) groups excluding carboxylic acids is 1. The van der Waals surface area contributed by atoms with Crippen molar-refractivity contribution >= 4 is 23.8 Å². The Morgan fingerprint density at radius 1 is 1.27 bits per heavy atom. The average Bonchev–Trinajstić information content (AvgIpc) is 3.25. The molecule has 0 N–H and O–H groups in total. The molecule has 4 rings (SSSR count). The molecule has 26 heavy (non-hydrogen) atoms. The van der Waals surface area contributed by atoms with Gasteiger partial charge in [0.05, 0.1) is 31.5 Å². The van der Waals surface area contributed by atoms with E-state index < -0.39 is 23.8 Å². The Morgan fingerprint density at radius 2 is 2.08 bits per heavy atom. The summed E-state index contributed by atoms with van der Waals surface area (Å²) in [4.78, 5) is 19.4. The van der Waals surface area contributed by atoms with Crippen LogP contribution in [0.5, 0.6) is 0 Å². The fraction of sp³-hybridized carbons (Fsp3) is 0.333. The van der Waals surface area contributed by atoms with Gasteiger partial charge in [-0.3, -0.25) is 4.90 Å². The number of cyclic esters (lactones) is 1. The second kappa shape index (κ2) is 6.58. The van der Waals surface area contributed by atoms with Gasteiger partial charge in [-0.05, 0) is 0 Å². The third-order valence-electron chi connectivity index (χ3n) is 4.02. The van der Waals surface area contributed by atoms with Crippen LogP contribution in [-0.4, -0.2) is 53.2 Å². The first kappa shape index (κ1) is 16.2. The van der Waals surface area contributed by atoms with Crippen LogP contribution in [0.3, 0.4) is 0 Å². The zero-order valence-corrected chi connectivity index (χ0v) is 13.5. The topological polar surface area (TPSA) is 85.1 Å². The van der Waals surface area contributed by atoms with E-state index in [9.17, 15) is 13.6 Å². The zero-order chi connectivity index (χ0) is 18.1. The van der Waals surface area contributed by atoms with Crippen LogP contribution in [-0.2, 0) is 16.1 Å². The van der Waals surface area contributed by atoms with Crippen molar-refractivity contribution in [2.45, 2.75) is 12.6 Å². The molecular weight excluding hydrogens is 350 g/mol. The number of anilines is 2. The molecule has 9 nitrogen and oxygen atoms in total. The Bertz CT molecular complexity index is 821. The van der Waals surface area contributed by atoms with Gasteiger partial charge in [0.15, 0.2) is 11.6 Å². The summed E-state index contributed by atoms with van der Waals surface area (Å²) >= 11 is 0. The van der Waals surface area contributed by atoms with Crippen molar-refractivity contribution < 1.29 is 23.1 Å². The number of rotatable bonds is 4. The van der Waals surface area contributed by atoms with E-state index in [4.69, 9.17) is 9.57 Å². The summed E-state index contributed by atoms with van der Waals surface area (Å²) in [5.41, 5.74) is -0.160. The number of amides is 1. The summed E-state index contributed by atoms with van der Waals surface area (Å²) in [6, 6.07) is 2.20. The number of aromatic nitrogens is 3. The number of ether oxygens (including phenoxy) is 1. The van der Waals surface area contributed by atoms with Crippen molar-refractivity contribution in [1.82, 2.24) is 15.0 Å². The summed E-state index contributed by atoms with van der Waals surface area (Å²) in [7, 11) is 0. The highest BCUT2D eigenvalue weighted by atomic mass is 19.1. The molecule has 1 saturated heterocycles. The molecule has 0 unspecified atom stereocenters. The minimum Gasteiger partial charge on any atom is -0.442 e. The monoisotopic (exact) mass is 364 g/mol. The van der Waals surface area contributed by atoms with E-state index in [1.54, 1.807) is 6.20 Å². The molecule has 0 aliphatic carbocycles. The maximum absolute atomic E-state index is 14.5. The number of hydrogen-bond acceptors (Lipinski definition) is 7. The average molecular weight is 364 g/mol. The van der Waals surface area contributed by atoms with E-state index in [-0.39, 0.29) is 31.1 Å². The van der Waals surface area contributed by atoms with Crippen molar-refractivity contribution in [2.24, 2.45) is 5.16 Å². The van der Waals surface area contributed by atoms with E-state index in [2.05, 4.69) is 15.5 Å². The van der Waals surface area contributed by atoms with Gasteiger partial charge in [-0.25, -0.2) is 18.3 Å². The van der Waals surface area contributed by atoms with Gasteiger partial charge in [-0.1, -0.05) is 10.4 Å². The third kappa shape index (κ3) is 3.03. The standard InChI is InChI=1S/C15H14F2N6O3/c16-12-5-10(6-13(17)14(12)21-3-4-25-19-9-21)23-8-11(26-15(23)24)7-22-2-1-18-20-22/h1-2,5-6,9,11H,3-4,7-8H2/t11-/m0/s1. The fourth-order valence-electron chi connectivity index (χ4n) is 2.86. The van der Waals surface area contributed by atoms with E-state index in [0.717, 1.165) is 12.1 Å². The maximum atomic E-state index is 14.5. The van der Waals surface area contributed by atoms with Crippen LogP contribution in [0.2, 0.25) is 0 Å². The molecule has 1 atom stereocenters. The molecule has 0 saturated carbocycles. The van der Waals surface area contributed by atoms with Gasteiger partial charge < -0.3 is 14.5 Å². The molecule has 2 aromatic rings. The Kier molecular flexibility index (Phi) is 4.11. The highest BCUT2D eigenvalue weighted by molar-refractivity contribution is 5.90. The van der Waals surface area contributed by atoms with Crippen molar-refractivity contribution in [3.05, 3.63) is 36.2 Å². The third-order valence-corrected chi connectivity index (χ3v) is 4.02. The minimum atomic E-state index is -0.805. The molecular formula is C15H14F2N6O3. The molecule has 0 spiro atoms. The SMILES string of the molecule is O=C1O[C@@H](Cn2ccnn2)CN1c1cc(F)c(N2C=NOCC2)c(F)c1. The molecule has 2 aliphatic rings. The smallest absolute Gasteiger partial charge is 0.414 e. The highest BCUT2D eigenvalue weighted by Crippen LogP contribution is 2.31. The molecule has 1 amide bonds. The van der Waals surface area contributed by atoms with Gasteiger partial charge in [-0.15, -0.1) is 5.10 Å². The largest absolute Gasteiger partial charge is 0.442 e. The van der Waals surface area contributed by atoms with Gasteiger partial charge in [0, 0.05) is 18.3 Å². The highest BCUT2D eigenvalue weighted by Gasteiger charge is 2.34. The van der Waals surface area contributed by atoms with Crippen LogP contribution in [0.25, 0.3) is 0 Å². The second-order valence-corrected chi connectivity index (χ2v) is 5.75. The first-order chi connectivity index (χ1) is 12.6. The van der Waals surface area contributed by atoms with Gasteiger partial charge in [-0.2, -0.15) is 0 Å². The van der Waals surface area contributed by atoms with E-state index in [0.29, 0.717) is 6.54 Å². The maximum Gasteiger partial charge on any atom is 0.414 e. The molecule has 0 radical (unpaired) electrons. The predicted octanol–water partition coefficient (Wildman–Crippen LogP) is 1.36. The van der Waals surface area contributed by atoms with E-state index in [1.807, 2.05) is 0 Å². The number of benzene rings is 1. The van der Waals surface area contributed by atoms with Crippen LogP contribution in [0.4, 0.5) is 25.0 Å². The lowest BCUT2D eigenvalue weighted by atomic mass is 10.2. The zero-order valence-electron chi connectivity index (χ0n) is 13.5. The van der Waals surface area contributed by atoms with Gasteiger partial charge in [0.2, 0.25) is 0 Å². The summed E-state index contributed by atoms with van der Waals surface area (Å²) in [6.07, 6.45) is 3.18.